The van der Waals surface area contributed by atoms with Crippen molar-refractivity contribution in [3.05, 3.63) is 34.5 Å². The Labute approximate surface area is 124 Å². The van der Waals surface area contributed by atoms with E-state index in [-0.39, 0.29) is 6.03 Å². The van der Waals surface area contributed by atoms with Crippen LogP contribution in [0, 0.1) is 12.8 Å². The molecule has 20 heavy (non-hydrogen) atoms. The molecule has 1 fully saturated rings. The van der Waals surface area contributed by atoms with Gasteiger partial charge in [-0.05, 0) is 44.2 Å². The van der Waals surface area contributed by atoms with Crippen LogP contribution in [-0.2, 0) is 0 Å². The lowest BCUT2D eigenvalue weighted by atomic mass is 10.2. The molecule has 0 spiro atoms. The Hall–Kier alpha value is -1.68. The lowest BCUT2D eigenvalue weighted by Crippen LogP contribution is -2.24. The third-order valence-corrected chi connectivity index (χ3v) is 3.79. The van der Waals surface area contributed by atoms with Crippen LogP contribution in [0.3, 0.4) is 0 Å². The van der Waals surface area contributed by atoms with Crippen LogP contribution in [-0.4, -0.2) is 13.1 Å². The molecule has 1 aromatic carbocycles. The maximum atomic E-state index is 11.9. The van der Waals surface area contributed by atoms with Crippen LogP contribution in [0.25, 0.3) is 0 Å². The minimum Gasteiger partial charge on any atom is -0.495 e. The lowest BCUT2D eigenvalue weighted by Gasteiger charge is -2.12. The lowest BCUT2D eigenvalue weighted by molar-refractivity contribution is 0.255. The molecule has 0 aromatic heterocycles. The van der Waals surface area contributed by atoms with Crippen molar-refractivity contribution in [2.24, 2.45) is 5.92 Å². The third kappa shape index (κ3) is 3.67. The molecule has 0 heterocycles. The van der Waals surface area contributed by atoms with E-state index in [1.807, 2.05) is 13.8 Å². The second-order valence-electron chi connectivity index (χ2n) is 5.06. The largest absolute Gasteiger partial charge is 0.495 e. The number of halogens is 1. The van der Waals surface area contributed by atoms with Crippen LogP contribution in [0.4, 0.5) is 10.5 Å². The van der Waals surface area contributed by atoms with Crippen molar-refractivity contribution >= 4 is 23.3 Å². The molecule has 0 unspecified atom stereocenters. The Morgan fingerprint density at radius 3 is 2.75 bits per heavy atom. The summed E-state index contributed by atoms with van der Waals surface area (Å²) >= 11 is 6.03. The molecular weight excluding hydrogens is 276 g/mol. The van der Waals surface area contributed by atoms with Crippen molar-refractivity contribution in [2.75, 3.05) is 12.4 Å². The topological polar surface area (TPSA) is 50.4 Å². The average Bonchev–Trinajstić information content (AvgIpc) is 3.24. The monoisotopic (exact) mass is 294 g/mol. The summed E-state index contributed by atoms with van der Waals surface area (Å²) in [5.41, 5.74) is 2.69. The Morgan fingerprint density at radius 2 is 2.15 bits per heavy atom. The van der Waals surface area contributed by atoms with Crippen LogP contribution in [0.1, 0.15) is 25.3 Å². The van der Waals surface area contributed by atoms with Gasteiger partial charge in [-0.2, -0.15) is 0 Å². The van der Waals surface area contributed by atoms with Crippen molar-refractivity contribution in [1.29, 1.82) is 0 Å². The van der Waals surface area contributed by atoms with Gasteiger partial charge in [0, 0.05) is 17.3 Å². The first-order chi connectivity index (χ1) is 9.51. The van der Waals surface area contributed by atoms with Crippen molar-refractivity contribution in [3.63, 3.8) is 0 Å². The molecule has 0 atom stereocenters. The van der Waals surface area contributed by atoms with Gasteiger partial charge < -0.3 is 15.4 Å². The highest BCUT2D eigenvalue weighted by molar-refractivity contribution is 6.31. The van der Waals surface area contributed by atoms with E-state index in [0.29, 0.717) is 22.4 Å². The highest BCUT2D eigenvalue weighted by atomic mass is 35.5. The van der Waals surface area contributed by atoms with Crippen LogP contribution in [0.2, 0.25) is 5.02 Å². The van der Waals surface area contributed by atoms with E-state index in [4.69, 9.17) is 16.3 Å². The van der Waals surface area contributed by atoms with Crippen LogP contribution < -0.4 is 15.4 Å². The highest BCUT2D eigenvalue weighted by Gasteiger charge is 2.22. The van der Waals surface area contributed by atoms with Crippen molar-refractivity contribution in [3.8, 4) is 5.75 Å². The maximum absolute atomic E-state index is 11.9. The molecule has 4 nitrogen and oxygen atoms in total. The first-order valence-corrected chi connectivity index (χ1v) is 6.97. The van der Waals surface area contributed by atoms with Crippen LogP contribution in [0.5, 0.6) is 5.75 Å². The number of ether oxygens (including phenoxy) is 1. The molecule has 2 amide bonds. The van der Waals surface area contributed by atoms with Crippen LogP contribution >= 0.6 is 11.6 Å². The Bertz CT molecular complexity index is 551. The van der Waals surface area contributed by atoms with Gasteiger partial charge in [-0.3, -0.25) is 0 Å². The van der Waals surface area contributed by atoms with Gasteiger partial charge >= 0.3 is 6.03 Å². The molecule has 1 aliphatic carbocycles. The smallest absolute Gasteiger partial charge is 0.323 e. The molecular formula is C15H19ClN2O2. The molecule has 1 aliphatic rings. The number of methoxy groups -OCH3 is 1. The second kappa shape index (κ2) is 6.18. The van der Waals surface area contributed by atoms with Gasteiger partial charge in [-0.15, -0.1) is 0 Å². The predicted molar refractivity (Wildman–Crippen MR) is 81.4 cm³/mol. The number of nitrogens with one attached hydrogen (secondary N) is 2. The van der Waals surface area contributed by atoms with Gasteiger partial charge in [0.1, 0.15) is 5.75 Å². The number of carbonyl (C=O) groups excluding carboxylic acids is 1. The maximum Gasteiger partial charge on any atom is 0.323 e. The van der Waals surface area contributed by atoms with Crippen molar-refractivity contribution in [2.45, 2.75) is 26.7 Å². The average molecular weight is 295 g/mol. The summed E-state index contributed by atoms with van der Waals surface area (Å²) in [5.74, 6) is 1.18. The first-order valence-electron chi connectivity index (χ1n) is 6.59. The zero-order valence-corrected chi connectivity index (χ0v) is 12.7. The first kappa shape index (κ1) is 14.7. The number of benzene rings is 1. The number of carbonyl (C=O) groups is 1. The number of aryl methyl sites for hydroxylation is 1. The minimum atomic E-state index is -0.287. The Kier molecular flexibility index (Phi) is 4.55. The highest BCUT2D eigenvalue weighted by Crippen LogP contribution is 2.35. The summed E-state index contributed by atoms with van der Waals surface area (Å²) in [6, 6.07) is 3.20. The summed E-state index contributed by atoms with van der Waals surface area (Å²) in [7, 11) is 1.54. The minimum absolute atomic E-state index is 0.287. The summed E-state index contributed by atoms with van der Waals surface area (Å²) in [6.07, 6.45) is 4.20. The van der Waals surface area contributed by atoms with E-state index in [2.05, 4.69) is 10.6 Å². The summed E-state index contributed by atoms with van der Waals surface area (Å²) < 4.78 is 5.21. The summed E-state index contributed by atoms with van der Waals surface area (Å²) in [4.78, 5) is 11.9. The molecule has 0 aliphatic heterocycles. The molecule has 0 bridgehead atoms. The zero-order valence-electron chi connectivity index (χ0n) is 11.9. The normalized spacial score (nSPS) is 14.9. The van der Waals surface area contributed by atoms with Crippen molar-refractivity contribution in [1.82, 2.24) is 5.32 Å². The number of anilines is 1. The van der Waals surface area contributed by atoms with Crippen molar-refractivity contribution < 1.29 is 9.53 Å². The van der Waals surface area contributed by atoms with E-state index in [1.54, 1.807) is 25.4 Å². The van der Waals surface area contributed by atoms with E-state index in [0.717, 1.165) is 5.56 Å². The molecule has 2 N–H and O–H groups in total. The SMILES string of the molecule is COc1cc(Cl)c(C)cc1NC(=O)N/C=C(\C)C1CC1. The van der Waals surface area contributed by atoms with Crippen LogP contribution in [0.15, 0.2) is 23.9 Å². The van der Waals surface area contributed by atoms with E-state index in [9.17, 15) is 4.79 Å². The molecule has 1 aromatic rings. The Morgan fingerprint density at radius 1 is 1.45 bits per heavy atom. The van der Waals surface area contributed by atoms with E-state index < -0.39 is 0 Å². The number of amides is 2. The Balaban J connectivity index is 2.03. The fraction of sp³-hybridized carbons (Fsp3) is 0.400. The molecule has 0 saturated heterocycles. The molecule has 5 heteroatoms. The van der Waals surface area contributed by atoms with E-state index >= 15 is 0 Å². The summed E-state index contributed by atoms with van der Waals surface area (Å²) in [6.45, 7) is 3.91. The number of hydrogen-bond acceptors (Lipinski definition) is 2. The van der Waals surface area contributed by atoms with E-state index in [1.165, 1.54) is 18.4 Å². The fourth-order valence-electron chi connectivity index (χ4n) is 1.92. The number of urea groups is 1. The number of hydrogen-bond donors (Lipinski definition) is 2. The van der Waals surface area contributed by atoms with Gasteiger partial charge in [0.2, 0.25) is 0 Å². The van der Waals surface area contributed by atoms with Gasteiger partial charge in [-0.1, -0.05) is 17.2 Å². The molecule has 0 radical (unpaired) electrons. The zero-order chi connectivity index (χ0) is 14.7. The number of rotatable bonds is 4. The predicted octanol–water partition coefficient (Wildman–Crippen LogP) is 4.09. The van der Waals surface area contributed by atoms with Gasteiger partial charge in [0.25, 0.3) is 0 Å². The molecule has 2 rings (SSSR count). The van der Waals surface area contributed by atoms with Gasteiger partial charge in [0.15, 0.2) is 0 Å². The quantitative estimate of drug-likeness (QED) is 0.878. The van der Waals surface area contributed by atoms with Gasteiger partial charge in [-0.25, -0.2) is 4.79 Å². The van der Waals surface area contributed by atoms with Gasteiger partial charge in [0.05, 0.1) is 12.8 Å². The fourth-order valence-corrected chi connectivity index (χ4v) is 2.08. The standard InChI is InChI=1S/C15H19ClN2O2/c1-9-6-13(14(20-3)7-12(9)16)18-15(19)17-8-10(2)11-4-5-11/h6-8,11H,4-5H2,1-3H3,(H2,17,18,19)/b10-8+. The molecule has 108 valence electrons. The third-order valence-electron chi connectivity index (χ3n) is 3.38. The molecule has 1 saturated carbocycles. The summed E-state index contributed by atoms with van der Waals surface area (Å²) in [5, 5.41) is 6.11. The number of allylic oxidation sites excluding steroid dienone is 1. The second-order valence-corrected chi connectivity index (χ2v) is 5.47.